The summed E-state index contributed by atoms with van der Waals surface area (Å²) in [5.41, 5.74) is 4.47. The molecule has 0 saturated carbocycles. The summed E-state index contributed by atoms with van der Waals surface area (Å²) in [6.07, 6.45) is 0. The van der Waals surface area contributed by atoms with Crippen molar-refractivity contribution in [3.05, 3.63) is 93.5 Å². The van der Waals surface area contributed by atoms with Gasteiger partial charge in [-0.25, -0.2) is 0 Å². The number of ketones is 1. The molecule has 7 heteroatoms. The van der Waals surface area contributed by atoms with Crippen LogP contribution in [-0.4, -0.2) is 37.0 Å². The van der Waals surface area contributed by atoms with Crippen molar-refractivity contribution in [2.45, 2.75) is 46.6 Å². The quantitative estimate of drug-likeness (QED) is 0.183. The molecule has 204 valence electrons. The van der Waals surface area contributed by atoms with E-state index in [0.29, 0.717) is 22.2 Å². The van der Waals surface area contributed by atoms with Crippen LogP contribution in [0.5, 0.6) is 5.75 Å². The van der Waals surface area contributed by atoms with E-state index in [1.165, 1.54) is 12.0 Å². The van der Waals surface area contributed by atoms with Crippen molar-refractivity contribution in [2.75, 3.05) is 30.0 Å². The Hall–Kier alpha value is -3.77. The van der Waals surface area contributed by atoms with E-state index in [-0.39, 0.29) is 22.6 Å². The SMILES string of the molecule is CCN(CC)c1ccc(C2/C(=C(\O)c3cc(C)cc(Cl)c3OC)C(=O)C(=O)N2c2ccc(C(C)C)cc2)cc1. The average molecular weight is 547 g/mol. The lowest BCUT2D eigenvalue weighted by Crippen LogP contribution is -2.29. The van der Waals surface area contributed by atoms with Gasteiger partial charge >= 0.3 is 0 Å². The van der Waals surface area contributed by atoms with Gasteiger partial charge in [-0.2, -0.15) is 0 Å². The summed E-state index contributed by atoms with van der Waals surface area (Å²) in [4.78, 5) is 30.9. The predicted molar refractivity (Wildman–Crippen MR) is 158 cm³/mol. The Kier molecular flexibility index (Phi) is 8.36. The first-order chi connectivity index (χ1) is 18.6. The molecule has 0 aromatic heterocycles. The minimum atomic E-state index is -0.843. The summed E-state index contributed by atoms with van der Waals surface area (Å²) in [6.45, 7) is 11.9. The van der Waals surface area contributed by atoms with Gasteiger partial charge < -0.3 is 14.7 Å². The Labute approximate surface area is 235 Å². The van der Waals surface area contributed by atoms with E-state index in [1.807, 2.05) is 55.5 Å². The number of carbonyl (C=O) groups excluding carboxylic acids is 2. The van der Waals surface area contributed by atoms with Gasteiger partial charge in [-0.05, 0) is 79.8 Å². The third-order valence-electron chi connectivity index (χ3n) is 7.27. The van der Waals surface area contributed by atoms with E-state index in [0.717, 1.165) is 29.9 Å². The largest absolute Gasteiger partial charge is 0.507 e. The number of aryl methyl sites for hydroxylation is 1. The lowest BCUT2D eigenvalue weighted by Gasteiger charge is -2.27. The van der Waals surface area contributed by atoms with E-state index in [9.17, 15) is 14.7 Å². The van der Waals surface area contributed by atoms with Crippen LogP contribution < -0.4 is 14.5 Å². The molecule has 4 rings (SSSR count). The van der Waals surface area contributed by atoms with Crippen molar-refractivity contribution in [2.24, 2.45) is 0 Å². The van der Waals surface area contributed by atoms with Gasteiger partial charge in [0.05, 0.1) is 29.3 Å². The van der Waals surface area contributed by atoms with Gasteiger partial charge in [0.2, 0.25) is 0 Å². The monoisotopic (exact) mass is 546 g/mol. The first-order valence-electron chi connectivity index (χ1n) is 13.2. The minimum Gasteiger partial charge on any atom is -0.507 e. The third kappa shape index (κ3) is 5.26. The van der Waals surface area contributed by atoms with Crippen LogP contribution in [0.4, 0.5) is 11.4 Å². The maximum absolute atomic E-state index is 13.6. The number of ether oxygens (including phenoxy) is 1. The number of carbonyl (C=O) groups is 2. The number of rotatable bonds is 8. The van der Waals surface area contributed by atoms with Crippen LogP contribution in [0.1, 0.15) is 61.9 Å². The smallest absolute Gasteiger partial charge is 0.300 e. The Balaban J connectivity index is 1.95. The van der Waals surface area contributed by atoms with Gasteiger partial charge in [0.1, 0.15) is 11.5 Å². The number of halogens is 1. The van der Waals surface area contributed by atoms with E-state index in [1.54, 1.807) is 12.1 Å². The summed E-state index contributed by atoms with van der Waals surface area (Å²) in [7, 11) is 1.45. The molecule has 3 aromatic rings. The second-order valence-corrected chi connectivity index (χ2v) is 10.4. The zero-order chi connectivity index (χ0) is 28.4. The maximum Gasteiger partial charge on any atom is 0.300 e. The number of Topliss-reactive ketones (excluding diaryl/α,β-unsaturated/α-hetero) is 1. The van der Waals surface area contributed by atoms with Gasteiger partial charge in [0.15, 0.2) is 0 Å². The molecule has 1 aliphatic heterocycles. The van der Waals surface area contributed by atoms with Gasteiger partial charge in [0, 0.05) is 24.5 Å². The second kappa shape index (κ2) is 11.5. The molecule has 39 heavy (non-hydrogen) atoms. The fourth-order valence-electron chi connectivity index (χ4n) is 5.15. The summed E-state index contributed by atoms with van der Waals surface area (Å²) in [5.74, 6) is -1.24. The third-order valence-corrected chi connectivity index (χ3v) is 7.55. The maximum atomic E-state index is 13.6. The van der Waals surface area contributed by atoms with Gasteiger partial charge in [-0.3, -0.25) is 14.5 Å². The Morgan fingerprint density at radius 2 is 1.64 bits per heavy atom. The molecule has 1 fully saturated rings. The number of benzene rings is 3. The topological polar surface area (TPSA) is 70.1 Å². The van der Waals surface area contributed by atoms with Crippen LogP contribution in [0.15, 0.2) is 66.2 Å². The number of nitrogens with zero attached hydrogens (tertiary/aromatic N) is 2. The molecule has 1 heterocycles. The normalized spacial score (nSPS) is 16.7. The summed E-state index contributed by atoms with van der Waals surface area (Å²) >= 11 is 6.42. The zero-order valence-corrected chi connectivity index (χ0v) is 24.0. The van der Waals surface area contributed by atoms with Crippen molar-refractivity contribution >= 4 is 40.4 Å². The molecule has 0 radical (unpaired) electrons. The van der Waals surface area contributed by atoms with Crippen molar-refractivity contribution in [1.82, 2.24) is 0 Å². The fraction of sp³-hybridized carbons (Fsp3) is 0.312. The van der Waals surface area contributed by atoms with Crippen LogP contribution in [-0.2, 0) is 9.59 Å². The first-order valence-corrected chi connectivity index (χ1v) is 13.6. The lowest BCUT2D eigenvalue weighted by molar-refractivity contribution is -0.132. The molecule has 0 aliphatic carbocycles. The van der Waals surface area contributed by atoms with E-state index in [4.69, 9.17) is 16.3 Å². The van der Waals surface area contributed by atoms with Gasteiger partial charge in [0.25, 0.3) is 11.7 Å². The molecule has 6 nitrogen and oxygen atoms in total. The van der Waals surface area contributed by atoms with Gasteiger partial charge in [-0.1, -0.05) is 49.7 Å². The standard InChI is InChI=1S/C32H35ClN2O4/c1-7-34(8-2)23-13-11-22(12-14-23)28-27(29(36)25-17-20(5)18-26(33)31(25)39-6)30(37)32(38)35(28)24-15-9-21(10-16-24)19(3)4/h9-19,28,36H,7-8H2,1-6H3/b29-27+. The van der Waals surface area contributed by atoms with Crippen molar-refractivity contribution in [1.29, 1.82) is 0 Å². The van der Waals surface area contributed by atoms with Crippen LogP contribution in [0.3, 0.4) is 0 Å². The molecular formula is C32H35ClN2O4. The number of aliphatic hydroxyl groups is 1. The van der Waals surface area contributed by atoms with Crippen LogP contribution in [0, 0.1) is 6.92 Å². The van der Waals surface area contributed by atoms with Gasteiger partial charge in [-0.15, -0.1) is 0 Å². The van der Waals surface area contributed by atoms with Crippen LogP contribution >= 0.6 is 11.6 Å². The second-order valence-electron chi connectivity index (χ2n) is 10.0. The Bertz CT molecular complexity index is 1410. The molecule has 1 saturated heterocycles. The number of methoxy groups -OCH3 is 1. The predicted octanol–water partition coefficient (Wildman–Crippen LogP) is 7.25. The Morgan fingerprint density at radius 1 is 1.03 bits per heavy atom. The highest BCUT2D eigenvalue weighted by molar-refractivity contribution is 6.51. The molecule has 1 atom stereocenters. The van der Waals surface area contributed by atoms with E-state index in [2.05, 4.69) is 32.6 Å². The number of anilines is 2. The van der Waals surface area contributed by atoms with E-state index < -0.39 is 17.7 Å². The number of aliphatic hydroxyl groups excluding tert-OH is 1. The number of hydrogen-bond donors (Lipinski definition) is 1. The molecule has 1 N–H and O–H groups in total. The molecule has 1 unspecified atom stereocenters. The average Bonchev–Trinajstić information content (AvgIpc) is 3.19. The van der Waals surface area contributed by atoms with Crippen LogP contribution in [0.2, 0.25) is 5.02 Å². The van der Waals surface area contributed by atoms with E-state index >= 15 is 0 Å². The number of hydrogen-bond acceptors (Lipinski definition) is 5. The Morgan fingerprint density at radius 3 is 2.18 bits per heavy atom. The first kappa shape index (κ1) is 28.2. The molecule has 1 aliphatic rings. The summed E-state index contributed by atoms with van der Waals surface area (Å²) in [5, 5.41) is 11.9. The van der Waals surface area contributed by atoms with Crippen molar-refractivity contribution in [3.8, 4) is 5.75 Å². The molecule has 0 spiro atoms. The molecule has 1 amide bonds. The highest BCUT2D eigenvalue weighted by Gasteiger charge is 2.47. The highest BCUT2D eigenvalue weighted by Crippen LogP contribution is 2.45. The number of amides is 1. The summed E-state index contributed by atoms with van der Waals surface area (Å²) in [6, 6.07) is 18.0. The lowest BCUT2D eigenvalue weighted by atomic mass is 9.94. The molecule has 3 aromatic carbocycles. The fourth-order valence-corrected chi connectivity index (χ4v) is 5.50. The zero-order valence-electron chi connectivity index (χ0n) is 23.3. The van der Waals surface area contributed by atoms with Crippen LogP contribution in [0.25, 0.3) is 5.76 Å². The highest BCUT2D eigenvalue weighted by atomic mass is 35.5. The summed E-state index contributed by atoms with van der Waals surface area (Å²) < 4.78 is 5.49. The minimum absolute atomic E-state index is 0.0107. The van der Waals surface area contributed by atoms with Crippen molar-refractivity contribution < 1.29 is 19.4 Å². The molecule has 0 bridgehead atoms. The molecular weight excluding hydrogens is 512 g/mol. The van der Waals surface area contributed by atoms with Crippen molar-refractivity contribution in [3.63, 3.8) is 0 Å².